The van der Waals surface area contributed by atoms with Crippen LogP contribution in [0.2, 0.25) is 0 Å². The number of rotatable bonds is 1. The molecule has 60 valence electrons. The van der Waals surface area contributed by atoms with Gasteiger partial charge in [0.2, 0.25) is 0 Å². The van der Waals surface area contributed by atoms with E-state index >= 15 is 0 Å². The average Bonchev–Trinajstić information content (AvgIpc) is 2.30. The Kier molecular flexibility index (Phi) is 1.91. The zero-order chi connectivity index (χ0) is 8.43. The summed E-state index contributed by atoms with van der Waals surface area (Å²) in [5.74, 6) is 0.426. The van der Waals surface area contributed by atoms with Gasteiger partial charge in [-0.3, -0.25) is 16.1 Å². The average molecular weight is 155 g/mol. The maximum atomic E-state index is 8.41. The van der Waals surface area contributed by atoms with Crippen LogP contribution in [0.3, 0.4) is 0 Å². The molecule has 0 bridgehead atoms. The van der Waals surface area contributed by atoms with Gasteiger partial charge in [0, 0.05) is 0 Å². The molecule has 0 amide bonds. The van der Waals surface area contributed by atoms with Crippen LogP contribution in [0.25, 0.3) is 0 Å². The summed E-state index contributed by atoms with van der Waals surface area (Å²) in [6.45, 7) is 3.39. The van der Waals surface area contributed by atoms with E-state index in [4.69, 9.17) is 15.1 Å². The van der Waals surface area contributed by atoms with Gasteiger partial charge in [-0.1, -0.05) is 5.16 Å². The van der Waals surface area contributed by atoms with Crippen LogP contribution in [0.1, 0.15) is 17.0 Å². The van der Waals surface area contributed by atoms with Gasteiger partial charge < -0.3 is 4.52 Å². The highest BCUT2D eigenvalue weighted by molar-refractivity contribution is 5.97. The van der Waals surface area contributed by atoms with Gasteiger partial charge in [-0.25, -0.2) is 0 Å². The Morgan fingerprint density at radius 2 is 2.27 bits per heavy atom. The van der Waals surface area contributed by atoms with E-state index in [2.05, 4.69) is 5.16 Å². The third kappa shape index (κ3) is 1.22. The molecule has 0 radical (unpaired) electrons. The second-order valence-electron chi connectivity index (χ2n) is 2.19. The summed E-state index contributed by atoms with van der Waals surface area (Å²) in [7, 11) is 0. The van der Waals surface area contributed by atoms with Crippen molar-refractivity contribution in [3.8, 4) is 0 Å². The minimum atomic E-state index is -0.0961. The SMILES string of the molecule is Cc1noc(C)c1C(=N)NO. The van der Waals surface area contributed by atoms with Gasteiger partial charge in [0.05, 0.1) is 11.3 Å². The lowest BCUT2D eigenvalue weighted by Gasteiger charge is -1.97. The van der Waals surface area contributed by atoms with Crippen LogP contribution in [-0.4, -0.2) is 16.2 Å². The summed E-state index contributed by atoms with van der Waals surface area (Å²) < 4.78 is 4.78. The summed E-state index contributed by atoms with van der Waals surface area (Å²) in [5.41, 5.74) is 2.83. The van der Waals surface area contributed by atoms with E-state index in [1.807, 2.05) is 0 Å². The molecule has 5 nitrogen and oxygen atoms in total. The Labute approximate surface area is 63.5 Å². The highest BCUT2D eigenvalue weighted by Gasteiger charge is 2.12. The highest BCUT2D eigenvalue weighted by Crippen LogP contribution is 2.10. The van der Waals surface area contributed by atoms with Crippen LogP contribution in [0, 0.1) is 19.3 Å². The molecule has 3 N–H and O–H groups in total. The number of nitrogens with one attached hydrogen (secondary N) is 2. The predicted octanol–water partition coefficient (Wildman–Crippen LogP) is 0.596. The Balaban J connectivity index is 3.10. The van der Waals surface area contributed by atoms with Crippen LogP contribution in [0.4, 0.5) is 0 Å². The minimum Gasteiger partial charge on any atom is -0.361 e. The summed E-state index contributed by atoms with van der Waals surface area (Å²) in [5, 5.41) is 19.2. The first-order chi connectivity index (χ1) is 5.16. The fourth-order valence-electron chi connectivity index (χ4n) is 0.896. The van der Waals surface area contributed by atoms with Crippen molar-refractivity contribution in [2.45, 2.75) is 13.8 Å². The number of hydrogen-bond donors (Lipinski definition) is 3. The molecule has 0 aliphatic rings. The smallest absolute Gasteiger partial charge is 0.154 e. The number of amidine groups is 1. The van der Waals surface area contributed by atoms with Crippen molar-refractivity contribution in [2.24, 2.45) is 0 Å². The topological polar surface area (TPSA) is 82.1 Å². The first-order valence-corrected chi connectivity index (χ1v) is 3.08. The predicted molar refractivity (Wildman–Crippen MR) is 37.7 cm³/mol. The van der Waals surface area contributed by atoms with Crippen LogP contribution in [0.5, 0.6) is 0 Å². The second kappa shape index (κ2) is 2.71. The zero-order valence-corrected chi connectivity index (χ0v) is 6.30. The first kappa shape index (κ1) is 7.74. The van der Waals surface area contributed by atoms with Crippen LogP contribution in [0.15, 0.2) is 4.52 Å². The summed E-state index contributed by atoms with van der Waals surface area (Å²) in [6.07, 6.45) is 0. The molecule has 0 aliphatic heterocycles. The van der Waals surface area contributed by atoms with E-state index in [9.17, 15) is 0 Å². The van der Waals surface area contributed by atoms with Crippen LogP contribution >= 0.6 is 0 Å². The monoisotopic (exact) mass is 155 g/mol. The first-order valence-electron chi connectivity index (χ1n) is 3.08. The van der Waals surface area contributed by atoms with Crippen molar-refractivity contribution in [1.82, 2.24) is 10.6 Å². The van der Waals surface area contributed by atoms with E-state index in [1.54, 1.807) is 19.3 Å². The van der Waals surface area contributed by atoms with Crippen molar-refractivity contribution < 1.29 is 9.73 Å². The van der Waals surface area contributed by atoms with Gasteiger partial charge in [-0.15, -0.1) is 0 Å². The Hall–Kier alpha value is -1.36. The van der Waals surface area contributed by atoms with Crippen LogP contribution < -0.4 is 5.48 Å². The quantitative estimate of drug-likeness (QED) is 0.315. The number of hydroxylamine groups is 1. The third-order valence-corrected chi connectivity index (χ3v) is 1.40. The molecule has 0 fully saturated rings. The van der Waals surface area contributed by atoms with Crippen molar-refractivity contribution in [2.75, 3.05) is 0 Å². The standard InChI is InChI=1S/C6H9N3O2/c1-3-5(6(7)8-10)4(2)11-9-3/h10H,1-2H3,(H2,7,8). The molecule has 1 heterocycles. The number of nitrogens with zero attached hydrogens (tertiary/aromatic N) is 1. The largest absolute Gasteiger partial charge is 0.361 e. The molecule has 1 rings (SSSR count). The van der Waals surface area contributed by atoms with E-state index < -0.39 is 0 Å². The maximum Gasteiger partial charge on any atom is 0.154 e. The summed E-state index contributed by atoms with van der Waals surface area (Å²) in [4.78, 5) is 0. The fourth-order valence-corrected chi connectivity index (χ4v) is 0.896. The maximum absolute atomic E-state index is 8.41. The van der Waals surface area contributed by atoms with Crippen molar-refractivity contribution >= 4 is 5.84 Å². The minimum absolute atomic E-state index is 0.0961. The molecule has 1 aromatic heterocycles. The van der Waals surface area contributed by atoms with Crippen molar-refractivity contribution in [3.63, 3.8) is 0 Å². The molecule has 0 unspecified atom stereocenters. The Morgan fingerprint density at radius 1 is 1.64 bits per heavy atom. The highest BCUT2D eigenvalue weighted by atomic mass is 16.5. The molecule has 11 heavy (non-hydrogen) atoms. The molecular weight excluding hydrogens is 146 g/mol. The molecule has 0 spiro atoms. The molecule has 0 aromatic carbocycles. The van der Waals surface area contributed by atoms with Crippen LogP contribution in [-0.2, 0) is 0 Å². The number of aromatic nitrogens is 1. The lowest BCUT2D eigenvalue weighted by atomic mass is 10.2. The Morgan fingerprint density at radius 3 is 2.64 bits per heavy atom. The van der Waals surface area contributed by atoms with Gasteiger partial charge in [0.15, 0.2) is 5.84 Å². The lowest BCUT2D eigenvalue weighted by molar-refractivity contribution is 0.234. The molecule has 0 saturated heterocycles. The van der Waals surface area contributed by atoms with Gasteiger partial charge in [-0.05, 0) is 13.8 Å². The fraction of sp³-hybridized carbons (Fsp3) is 0.333. The van der Waals surface area contributed by atoms with Gasteiger partial charge in [0.25, 0.3) is 0 Å². The molecule has 0 saturated carbocycles. The lowest BCUT2D eigenvalue weighted by Crippen LogP contribution is -2.19. The zero-order valence-electron chi connectivity index (χ0n) is 6.30. The summed E-state index contributed by atoms with van der Waals surface area (Å²) >= 11 is 0. The second-order valence-corrected chi connectivity index (χ2v) is 2.19. The molecule has 0 aliphatic carbocycles. The normalized spacial score (nSPS) is 9.73. The van der Waals surface area contributed by atoms with Crippen molar-refractivity contribution in [1.29, 1.82) is 5.41 Å². The van der Waals surface area contributed by atoms with E-state index in [1.165, 1.54) is 0 Å². The number of hydrogen-bond acceptors (Lipinski definition) is 4. The number of aryl methyl sites for hydroxylation is 2. The summed E-state index contributed by atoms with van der Waals surface area (Å²) in [6, 6.07) is 0. The molecule has 0 atom stereocenters. The van der Waals surface area contributed by atoms with E-state index in [-0.39, 0.29) is 5.84 Å². The molecule has 5 heteroatoms. The van der Waals surface area contributed by atoms with Gasteiger partial charge >= 0.3 is 0 Å². The van der Waals surface area contributed by atoms with E-state index in [0.717, 1.165) is 0 Å². The van der Waals surface area contributed by atoms with Gasteiger partial charge in [0.1, 0.15) is 5.76 Å². The van der Waals surface area contributed by atoms with Gasteiger partial charge in [-0.2, -0.15) is 0 Å². The van der Waals surface area contributed by atoms with E-state index in [0.29, 0.717) is 17.0 Å². The molecular formula is C6H9N3O2. The third-order valence-electron chi connectivity index (χ3n) is 1.40. The Bertz CT molecular complexity index is 260. The molecule has 1 aromatic rings. The van der Waals surface area contributed by atoms with Crippen molar-refractivity contribution in [3.05, 3.63) is 17.0 Å².